The number of pyridine rings is 1. The summed E-state index contributed by atoms with van der Waals surface area (Å²) in [7, 11) is 0. The van der Waals surface area contributed by atoms with Gasteiger partial charge in [-0.3, -0.25) is 4.79 Å². The van der Waals surface area contributed by atoms with Gasteiger partial charge in [0, 0.05) is 17.6 Å². The van der Waals surface area contributed by atoms with E-state index in [2.05, 4.69) is 0 Å². The maximum Gasteiger partial charge on any atom is 0.258 e. The highest BCUT2D eigenvalue weighted by molar-refractivity contribution is 5.86. The third kappa shape index (κ3) is 4.29. The molecule has 1 aliphatic heterocycles. The Hall–Kier alpha value is -2.59. The van der Waals surface area contributed by atoms with Gasteiger partial charge >= 0.3 is 0 Å². The summed E-state index contributed by atoms with van der Waals surface area (Å²) < 4.78 is 7.20. The molecule has 0 aliphatic carbocycles. The number of aryl methyl sites for hydroxylation is 1. The fourth-order valence-corrected chi connectivity index (χ4v) is 4.60. The van der Waals surface area contributed by atoms with Crippen molar-refractivity contribution in [2.45, 2.75) is 63.4 Å². The first kappa shape index (κ1) is 24.5. The average molecular weight is 470 g/mol. The van der Waals surface area contributed by atoms with Gasteiger partial charge < -0.3 is 34.8 Å². The number of fused-ring (bicyclic) bond motifs is 1. The minimum Gasteiger partial charge on any atom is -0.394 e. The standard InChI is InChI=1S/C26H31NO7/c1-13(2)27-9-8-15-4-5-17(11-19(15)26(27)33)16-6-7-18(14(3)10-16)21(29)25-24(32)23(31)22(30)20(12-28)34-25/h4-11,13,20-25,28-32H,12H2,1-3H3/t20?,21-,22-,23+,24?,25-/m1/s1. The second kappa shape index (κ2) is 9.58. The monoisotopic (exact) mass is 469 g/mol. The van der Waals surface area contributed by atoms with E-state index in [0.717, 1.165) is 22.1 Å². The fourth-order valence-electron chi connectivity index (χ4n) is 4.60. The molecule has 2 aromatic carbocycles. The van der Waals surface area contributed by atoms with Crippen LogP contribution < -0.4 is 5.56 Å². The Kier molecular flexibility index (Phi) is 6.91. The van der Waals surface area contributed by atoms with Crippen LogP contribution in [0, 0.1) is 6.92 Å². The largest absolute Gasteiger partial charge is 0.394 e. The number of aliphatic hydroxyl groups is 5. The van der Waals surface area contributed by atoms with E-state index in [-0.39, 0.29) is 11.6 Å². The average Bonchev–Trinajstić information content (AvgIpc) is 2.82. The fraction of sp³-hybridized carbons (Fsp3) is 0.423. The van der Waals surface area contributed by atoms with Gasteiger partial charge in [-0.2, -0.15) is 0 Å². The van der Waals surface area contributed by atoms with Gasteiger partial charge in [-0.15, -0.1) is 0 Å². The molecule has 0 spiro atoms. The van der Waals surface area contributed by atoms with Crippen LogP contribution in [0.3, 0.4) is 0 Å². The molecule has 5 N–H and O–H groups in total. The highest BCUT2D eigenvalue weighted by Gasteiger charge is 2.46. The third-order valence-corrected chi connectivity index (χ3v) is 6.65. The van der Waals surface area contributed by atoms with E-state index in [0.29, 0.717) is 10.9 Å². The highest BCUT2D eigenvalue weighted by Crippen LogP contribution is 2.33. The van der Waals surface area contributed by atoms with Gasteiger partial charge in [0.25, 0.3) is 5.56 Å². The van der Waals surface area contributed by atoms with E-state index in [1.165, 1.54) is 0 Å². The number of ether oxygens (including phenoxy) is 1. The molecule has 6 atom stereocenters. The van der Waals surface area contributed by atoms with E-state index >= 15 is 0 Å². The van der Waals surface area contributed by atoms with E-state index in [4.69, 9.17) is 4.74 Å². The summed E-state index contributed by atoms with van der Waals surface area (Å²) in [5, 5.41) is 52.2. The number of nitrogens with zero attached hydrogens (tertiary/aromatic N) is 1. The molecule has 8 heteroatoms. The predicted molar refractivity (Wildman–Crippen MR) is 127 cm³/mol. The van der Waals surface area contributed by atoms with E-state index in [9.17, 15) is 30.3 Å². The normalized spacial score (nSPS) is 26.2. The Morgan fingerprint density at radius 3 is 2.29 bits per heavy atom. The lowest BCUT2D eigenvalue weighted by Gasteiger charge is -2.42. The zero-order valence-electron chi connectivity index (χ0n) is 19.4. The quantitative estimate of drug-likeness (QED) is 0.382. The Morgan fingerprint density at radius 2 is 1.65 bits per heavy atom. The molecule has 3 aromatic rings. The first-order chi connectivity index (χ1) is 16.1. The number of rotatable bonds is 5. The minimum atomic E-state index is -1.56. The SMILES string of the molecule is Cc1cc(-c2ccc3ccn(C(C)C)c(=O)c3c2)ccc1[C@@H](O)[C@H]1OC(CO)[C@@H](O)[C@H](O)C1O. The molecule has 8 nitrogen and oxygen atoms in total. The maximum atomic E-state index is 12.9. The van der Waals surface area contributed by atoms with Crippen LogP contribution in [-0.2, 0) is 4.74 Å². The zero-order valence-corrected chi connectivity index (χ0v) is 19.4. The van der Waals surface area contributed by atoms with Gasteiger partial charge in [0.1, 0.15) is 36.6 Å². The van der Waals surface area contributed by atoms with Crippen molar-refractivity contribution in [3.8, 4) is 11.1 Å². The van der Waals surface area contributed by atoms with Crippen LogP contribution in [0.4, 0.5) is 0 Å². The van der Waals surface area contributed by atoms with Crippen molar-refractivity contribution in [1.82, 2.24) is 4.57 Å². The van der Waals surface area contributed by atoms with Gasteiger partial charge in [-0.1, -0.05) is 30.3 Å². The summed E-state index contributed by atoms with van der Waals surface area (Å²) >= 11 is 0. The minimum absolute atomic E-state index is 0.0472. The Balaban J connectivity index is 1.66. The molecule has 0 saturated carbocycles. The van der Waals surface area contributed by atoms with Gasteiger partial charge in [0.2, 0.25) is 0 Å². The molecule has 1 fully saturated rings. The van der Waals surface area contributed by atoms with Crippen molar-refractivity contribution in [3.63, 3.8) is 0 Å². The van der Waals surface area contributed by atoms with Gasteiger partial charge in [-0.25, -0.2) is 0 Å². The molecule has 0 amide bonds. The topological polar surface area (TPSA) is 132 Å². The van der Waals surface area contributed by atoms with Crippen LogP contribution in [-0.4, -0.2) is 67.2 Å². The number of aromatic nitrogens is 1. The summed E-state index contributed by atoms with van der Waals surface area (Å²) in [6, 6.07) is 13.1. The van der Waals surface area contributed by atoms with Gasteiger partial charge in [0.05, 0.1) is 6.61 Å². The molecular formula is C26H31NO7. The lowest BCUT2D eigenvalue weighted by Crippen LogP contribution is -2.59. The van der Waals surface area contributed by atoms with E-state index in [1.807, 2.05) is 44.2 Å². The molecule has 1 aliphatic rings. The van der Waals surface area contributed by atoms with Crippen molar-refractivity contribution >= 4 is 10.8 Å². The summed E-state index contributed by atoms with van der Waals surface area (Å²) in [4.78, 5) is 12.9. The molecule has 0 bridgehead atoms. The van der Waals surface area contributed by atoms with Crippen LogP contribution in [0.15, 0.2) is 53.5 Å². The molecule has 2 heterocycles. The van der Waals surface area contributed by atoms with Crippen LogP contribution in [0.2, 0.25) is 0 Å². The van der Waals surface area contributed by atoms with Crippen molar-refractivity contribution < 1.29 is 30.3 Å². The number of hydrogen-bond acceptors (Lipinski definition) is 7. The van der Waals surface area contributed by atoms with Crippen LogP contribution in [0.25, 0.3) is 21.9 Å². The Morgan fingerprint density at radius 1 is 0.971 bits per heavy atom. The first-order valence-corrected chi connectivity index (χ1v) is 11.4. The molecule has 4 rings (SSSR count). The maximum absolute atomic E-state index is 12.9. The van der Waals surface area contributed by atoms with Crippen molar-refractivity contribution in [2.75, 3.05) is 6.61 Å². The second-order valence-corrected chi connectivity index (χ2v) is 9.23. The third-order valence-electron chi connectivity index (χ3n) is 6.65. The molecule has 182 valence electrons. The molecule has 0 radical (unpaired) electrons. The van der Waals surface area contributed by atoms with Crippen molar-refractivity contribution in [2.24, 2.45) is 0 Å². The zero-order chi connectivity index (χ0) is 24.7. The lowest BCUT2D eigenvalue weighted by molar-refractivity contribution is -0.250. The lowest BCUT2D eigenvalue weighted by atomic mass is 9.87. The number of aliphatic hydroxyl groups excluding tert-OH is 5. The van der Waals surface area contributed by atoms with Gasteiger partial charge in [0.15, 0.2) is 0 Å². The second-order valence-electron chi connectivity index (χ2n) is 9.23. The Bertz CT molecular complexity index is 1240. The summed E-state index contributed by atoms with van der Waals surface area (Å²) in [6.07, 6.45) is -6.39. The highest BCUT2D eigenvalue weighted by atomic mass is 16.6. The van der Waals surface area contributed by atoms with E-state index < -0.39 is 43.2 Å². The van der Waals surface area contributed by atoms with Crippen LogP contribution in [0.1, 0.15) is 37.1 Å². The van der Waals surface area contributed by atoms with Crippen molar-refractivity contribution in [3.05, 3.63) is 70.1 Å². The van der Waals surface area contributed by atoms with Gasteiger partial charge in [-0.05, 0) is 60.5 Å². The molecule has 34 heavy (non-hydrogen) atoms. The Labute approximate surface area is 197 Å². The molecule has 1 aromatic heterocycles. The van der Waals surface area contributed by atoms with Crippen LogP contribution in [0.5, 0.6) is 0 Å². The first-order valence-electron chi connectivity index (χ1n) is 11.4. The summed E-state index contributed by atoms with van der Waals surface area (Å²) in [5.41, 5.74) is 2.85. The van der Waals surface area contributed by atoms with Crippen molar-refractivity contribution in [1.29, 1.82) is 0 Å². The number of hydrogen-bond donors (Lipinski definition) is 5. The predicted octanol–water partition coefficient (Wildman–Crippen LogP) is 1.43. The molecular weight excluding hydrogens is 438 g/mol. The molecule has 2 unspecified atom stereocenters. The van der Waals surface area contributed by atoms with E-state index in [1.54, 1.807) is 29.8 Å². The molecule has 1 saturated heterocycles. The summed E-state index contributed by atoms with van der Waals surface area (Å²) in [6.45, 7) is 5.16. The summed E-state index contributed by atoms with van der Waals surface area (Å²) in [5.74, 6) is 0. The van der Waals surface area contributed by atoms with Crippen LogP contribution >= 0.6 is 0 Å². The smallest absolute Gasteiger partial charge is 0.258 e. The number of benzene rings is 2.